The van der Waals surface area contributed by atoms with E-state index in [1.54, 1.807) is 0 Å². The monoisotopic (exact) mass is 255 g/mol. The highest BCUT2D eigenvalue weighted by Crippen LogP contribution is 2.26. The molecule has 2 aromatic rings. The van der Waals surface area contributed by atoms with Crippen molar-refractivity contribution in [3.63, 3.8) is 0 Å². The van der Waals surface area contributed by atoms with Gasteiger partial charge in [0.25, 0.3) is 0 Å². The number of imidazole rings is 1. The predicted octanol–water partition coefficient (Wildman–Crippen LogP) is 3.92. The first-order valence-corrected chi connectivity index (χ1v) is 7.27. The quantitative estimate of drug-likeness (QED) is 0.877. The summed E-state index contributed by atoms with van der Waals surface area (Å²) in [5, 5.41) is 3.44. The van der Waals surface area contributed by atoms with Crippen molar-refractivity contribution in [1.82, 2.24) is 9.55 Å². The van der Waals surface area contributed by atoms with Crippen LogP contribution in [-0.4, -0.2) is 9.55 Å². The van der Waals surface area contributed by atoms with Crippen molar-refractivity contribution in [2.24, 2.45) is 0 Å². The summed E-state index contributed by atoms with van der Waals surface area (Å²) in [7, 11) is 0. The lowest BCUT2D eigenvalue weighted by molar-refractivity contribution is 0.638. The van der Waals surface area contributed by atoms with Gasteiger partial charge in [0.2, 0.25) is 5.95 Å². The van der Waals surface area contributed by atoms with E-state index in [-0.39, 0.29) is 0 Å². The van der Waals surface area contributed by atoms with E-state index in [0.717, 1.165) is 18.2 Å². The van der Waals surface area contributed by atoms with Gasteiger partial charge in [-0.25, -0.2) is 4.98 Å². The number of unbranched alkanes of at least 4 members (excludes halogenated alkanes) is 1. The largest absolute Gasteiger partial charge is 0.326 e. The lowest BCUT2D eigenvalue weighted by Gasteiger charge is -2.10. The molecule has 0 spiro atoms. The smallest absolute Gasteiger partial charge is 0.207 e. The van der Waals surface area contributed by atoms with E-state index in [9.17, 15) is 0 Å². The number of hydrogen-bond acceptors (Lipinski definition) is 2. The van der Waals surface area contributed by atoms with E-state index in [1.807, 2.05) is 12.4 Å². The SMILES string of the molecule is CCCCn1ccnc1Nc1ccc2c(c1)CCC2. The van der Waals surface area contributed by atoms with Crippen LogP contribution < -0.4 is 5.32 Å². The van der Waals surface area contributed by atoms with E-state index in [2.05, 4.69) is 40.0 Å². The van der Waals surface area contributed by atoms with Crippen molar-refractivity contribution in [3.05, 3.63) is 41.7 Å². The number of fused-ring (bicyclic) bond motifs is 1. The highest BCUT2D eigenvalue weighted by Gasteiger charge is 2.11. The highest BCUT2D eigenvalue weighted by atomic mass is 15.2. The van der Waals surface area contributed by atoms with Gasteiger partial charge in [-0.05, 0) is 48.9 Å². The molecule has 0 radical (unpaired) electrons. The molecule has 0 bridgehead atoms. The number of aromatic nitrogens is 2. The van der Waals surface area contributed by atoms with Gasteiger partial charge in [-0.3, -0.25) is 0 Å². The second-order valence-electron chi connectivity index (χ2n) is 5.26. The normalized spacial score (nSPS) is 13.5. The summed E-state index contributed by atoms with van der Waals surface area (Å²) in [6, 6.07) is 6.70. The average Bonchev–Trinajstić information content (AvgIpc) is 3.05. The summed E-state index contributed by atoms with van der Waals surface area (Å²) >= 11 is 0. The molecular weight excluding hydrogens is 234 g/mol. The van der Waals surface area contributed by atoms with Crippen LogP contribution in [0.25, 0.3) is 0 Å². The van der Waals surface area contributed by atoms with Crippen molar-refractivity contribution in [2.45, 2.75) is 45.6 Å². The van der Waals surface area contributed by atoms with Gasteiger partial charge >= 0.3 is 0 Å². The Hall–Kier alpha value is -1.77. The topological polar surface area (TPSA) is 29.9 Å². The second-order valence-corrected chi connectivity index (χ2v) is 5.26. The zero-order valence-electron chi connectivity index (χ0n) is 11.5. The Morgan fingerprint density at radius 1 is 1.26 bits per heavy atom. The number of nitrogens with one attached hydrogen (secondary N) is 1. The molecule has 0 unspecified atom stereocenters. The molecule has 1 N–H and O–H groups in total. The molecule has 3 heteroatoms. The van der Waals surface area contributed by atoms with E-state index >= 15 is 0 Å². The first kappa shape index (κ1) is 12.3. The van der Waals surface area contributed by atoms with Crippen LogP contribution in [0.3, 0.4) is 0 Å². The molecule has 1 aliphatic carbocycles. The first-order chi connectivity index (χ1) is 9.36. The van der Waals surface area contributed by atoms with Crippen LogP contribution in [0.2, 0.25) is 0 Å². The maximum atomic E-state index is 4.41. The molecule has 0 atom stereocenters. The standard InChI is InChI=1S/C16H21N3/c1-2-3-10-19-11-9-17-16(19)18-15-8-7-13-5-4-6-14(13)12-15/h7-9,11-12H,2-6,10H2,1H3,(H,17,18). The molecule has 0 saturated heterocycles. The molecule has 100 valence electrons. The molecule has 1 aromatic heterocycles. The fourth-order valence-electron chi connectivity index (χ4n) is 2.72. The lowest BCUT2D eigenvalue weighted by atomic mass is 10.1. The van der Waals surface area contributed by atoms with Crippen LogP contribution in [0.1, 0.15) is 37.3 Å². The van der Waals surface area contributed by atoms with Gasteiger partial charge in [-0.2, -0.15) is 0 Å². The number of rotatable bonds is 5. The third kappa shape index (κ3) is 2.65. The Bertz CT molecular complexity index is 557. The molecule has 0 aliphatic heterocycles. The zero-order valence-corrected chi connectivity index (χ0v) is 11.5. The van der Waals surface area contributed by atoms with Crippen LogP contribution in [0.4, 0.5) is 11.6 Å². The fourth-order valence-corrected chi connectivity index (χ4v) is 2.72. The van der Waals surface area contributed by atoms with Gasteiger partial charge in [-0.1, -0.05) is 19.4 Å². The molecule has 1 heterocycles. The van der Waals surface area contributed by atoms with Crippen molar-refractivity contribution < 1.29 is 0 Å². The van der Waals surface area contributed by atoms with Gasteiger partial charge in [0.15, 0.2) is 0 Å². The number of aryl methyl sites for hydroxylation is 3. The van der Waals surface area contributed by atoms with Crippen LogP contribution in [0.5, 0.6) is 0 Å². The van der Waals surface area contributed by atoms with Gasteiger partial charge in [-0.15, -0.1) is 0 Å². The summed E-state index contributed by atoms with van der Waals surface area (Å²) < 4.78 is 2.19. The third-order valence-electron chi connectivity index (χ3n) is 3.82. The molecule has 3 nitrogen and oxygen atoms in total. The summed E-state index contributed by atoms with van der Waals surface area (Å²) in [5.41, 5.74) is 4.17. The van der Waals surface area contributed by atoms with Gasteiger partial charge in [0, 0.05) is 24.6 Å². The Balaban J connectivity index is 1.76. The fraction of sp³-hybridized carbons (Fsp3) is 0.438. The van der Waals surface area contributed by atoms with E-state index in [1.165, 1.54) is 43.2 Å². The molecule has 0 amide bonds. The molecule has 19 heavy (non-hydrogen) atoms. The third-order valence-corrected chi connectivity index (χ3v) is 3.82. The van der Waals surface area contributed by atoms with E-state index in [4.69, 9.17) is 0 Å². The molecule has 0 saturated carbocycles. The first-order valence-electron chi connectivity index (χ1n) is 7.27. The minimum atomic E-state index is 0.950. The van der Waals surface area contributed by atoms with Gasteiger partial charge in [0.05, 0.1) is 0 Å². The Morgan fingerprint density at radius 3 is 3.05 bits per heavy atom. The number of anilines is 2. The highest BCUT2D eigenvalue weighted by molar-refractivity contribution is 5.57. The Kier molecular flexibility index (Phi) is 3.53. The maximum absolute atomic E-state index is 4.41. The lowest BCUT2D eigenvalue weighted by Crippen LogP contribution is -2.03. The molecule has 0 fully saturated rings. The predicted molar refractivity (Wildman–Crippen MR) is 78.9 cm³/mol. The summed E-state index contributed by atoms with van der Waals surface area (Å²) in [6.45, 7) is 3.24. The Labute approximate surface area is 114 Å². The number of hydrogen-bond donors (Lipinski definition) is 1. The van der Waals surface area contributed by atoms with Crippen molar-refractivity contribution in [3.8, 4) is 0 Å². The maximum Gasteiger partial charge on any atom is 0.207 e. The summed E-state index contributed by atoms with van der Waals surface area (Å²) in [4.78, 5) is 4.41. The zero-order chi connectivity index (χ0) is 13.1. The summed E-state index contributed by atoms with van der Waals surface area (Å²) in [5.74, 6) is 0.950. The number of benzene rings is 1. The molecule has 1 aliphatic rings. The number of nitrogens with zero attached hydrogens (tertiary/aromatic N) is 2. The van der Waals surface area contributed by atoms with Crippen LogP contribution >= 0.6 is 0 Å². The van der Waals surface area contributed by atoms with Gasteiger partial charge < -0.3 is 9.88 Å². The minimum absolute atomic E-state index is 0.950. The van der Waals surface area contributed by atoms with Crippen molar-refractivity contribution in [1.29, 1.82) is 0 Å². The van der Waals surface area contributed by atoms with Crippen molar-refractivity contribution >= 4 is 11.6 Å². The van der Waals surface area contributed by atoms with Crippen molar-refractivity contribution in [2.75, 3.05) is 5.32 Å². The second kappa shape index (κ2) is 5.47. The van der Waals surface area contributed by atoms with Crippen LogP contribution in [-0.2, 0) is 19.4 Å². The average molecular weight is 255 g/mol. The van der Waals surface area contributed by atoms with E-state index < -0.39 is 0 Å². The minimum Gasteiger partial charge on any atom is -0.326 e. The Morgan fingerprint density at radius 2 is 2.16 bits per heavy atom. The molecular formula is C16H21N3. The molecule has 1 aromatic carbocycles. The van der Waals surface area contributed by atoms with E-state index in [0.29, 0.717) is 0 Å². The van der Waals surface area contributed by atoms with Gasteiger partial charge in [0.1, 0.15) is 0 Å². The van der Waals surface area contributed by atoms with Crippen LogP contribution in [0, 0.1) is 0 Å². The summed E-state index contributed by atoms with van der Waals surface area (Å²) in [6.07, 6.45) is 10.1. The van der Waals surface area contributed by atoms with Crippen LogP contribution in [0.15, 0.2) is 30.6 Å². The molecule has 3 rings (SSSR count).